The minimum absolute atomic E-state index is 0.00850. The highest BCUT2D eigenvalue weighted by Crippen LogP contribution is 2.18. The fourth-order valence-corrected chi connectivity index (χ4v) is 2.01. The van der Waals surface area contributed by atoms with Crippen molar-refractivity contribution in [3.05, 3.63) is 52.1 Å². The first-order valence-electron chi connectivity index (χ1n) is 7.38. The molecule has 0 aliphatic rings. The molecule has 0 saturated heterocycles. The molecule has 0 saturated carbocycles. The van der Waals surface area contributed by atoms with Crippen LogP contribution in [-0.4, -0.2) is 22.8 Å². The highest BCUT2D eigenvalue weighted by molar-refractivity contribution is 5.88. The van der Waals surface area contributed by atoms with Crippen molar-refractivity contribution in [2.45, 2.75) is 40.0 Å². The van der Waals surface area contributed by atoms with Gasteiger partial charge in [-0.3, -0.25) is 0 Å². The van der Waals surface area contributed by atoms with Crippen molar-refractivity contribution in [3.63, 3.8) is 0 Å². The minimum atomic E-state index is -0.966. The number of carboxylic acids is 1. The van der Waals surface area contributed by atoms with Gasteiger partial charge in [-0.1, -0.05) is 17.2 Å². The molecule has 0 aliphatic heterocycles. The van der Waals surface area contributed by atoms with Crippen molar-refractivity contribution >= 4 is 11.7 Å². The summed E-state index contributed by atoms with van der Waals surface area (Å²) >= 11 is 0. The van der Waals surface area contributed by atoms with Crippen LogP contribution in [0.2, 0.25) is 0 Å². The summed E-state index contributed by atoms with van der Waals surface area (Å²) in [6, 6.07) is 4.69. The molecule has 0 unspecified atom stereocenters. The maximum absolute atomic E-state index is 11.0. The lowest BCUT2D eigenvalue weighted by Gasteiger charge is -2.08. The molecule has 4 nitrogen and oxygen atoms in total. The third-order valence-electron chi connectivity index (χ3n) is 3.88. The maximum atomic E-state index is 11.0. The minimum Gasteiger partial charge on any atom is -0.478 e. The summed E-state index contributed by atoms with van der Waals surface area (Å²) in [5.41, 5.74) is 11.0. The van der Waals surface area contributed by atoms with Gasteiger partial charge in [0.25, 0.3) is 0 Å². The number of anilines is 1. The van der Waals surface area contributed by atoms with E-state index in [1.165, 1.54) is 17.2 Å². The molecule has 1 rings (SSSR count). The highest BCUT2D eigenvalue weighted by atomic mass is 16.4. The summed E-state index contributed by atoms with van der Waals surface area (Å²) in [7, 11) is 0. The molecule has 120 valence electrons. The Bertz CT molecular complexity index is 596. The van der Waals surface area contributed by atoms with Gasteiger partial charge in [-0.05, 0) is 69.4 Å². The molecule has 0 aromatic heterocycles. The van der Waals surface area contributed by atoms with E-state index in [-0.39, 0.29) is 12.2 Å². The normalized spacial score (nSPS) is 11.4. The summed E-state index contributed by atoms with van der Waals surface area (Å²) in [4.78, 5) is 11.0. The van der Waals surface area contributed by atoms with E-state index in [1.54, 1.807) is 12.1 Å². The van der Waals surface area contributed by atoms with Crippen LogP contribution in [-0.2, 0) is 6.42 Å². The molecule has 0 aliphatic carbocycles. The second kappa shape index (κ2) is 8.39. The predicted octanol–water partition coefficient (Wildman–Crippen LogP) is 3.56. The Morgan fingerprint density at radius 1 is 1.23 bits per heavy atom. The van der Waals surface area contributed by atoms with Crippen LogP contribution in [0.5, 0.6) is 0 Å². The second-order valence-corrected chi connectivity index (χ2v) is 5.72. The van der Waals surface area contributed by atoms with Crippen LogP contribution in [0.25, 0.3) is 0 Å². The Hall–Kier alpha value is -2.07. The van der Waals surface area contributed by atoms with Crippen LogP contribution >= 0.6 is 0 Å². The standard InChI is InChI=1S/C18H25NO3/c1-12(2)13(3)4-5-14(11-20)6-7-15-10-16(18(21)22)8-9-17(15)19/h6,8-10,20H,4-5,7,11,19H2,1-3H3,(H,21,22). The summed E-state index contributed by atoms with van der Waals surface area (Å²) < 4.78 is 0. The van der Waals surface area contributed by atoms with Crippen molar-refractivity contribution in [2.24, 2.45) is 0 Å². The fraction of sp³-hybridized carbons (Fsp3) is 0.389. The number of nitrogens with two attached hydrogens (primary N) is 1. The Morgan fingerprint density at radius 3 is 2.45 bits per heavy atom. The zero-order valence-electron chi connectivity index (χ0n) is 13.5. The van der Waals surface area contributed by atoms with Gasteiger partial charge in [-0.15, -0.1) is 0 Å². The van der Waals surface area contributed by atoms with Gasteiger partial charge in [0.15, 0.2) is 0 Å². The first-order valence-corrected chi connectivity index (χ1v) is 7.38. The molecule has 0 bridgehead atoms. The van der Waals surface area contributed by atoms with Gasteiger partial charge in [-0.2, -0.15) is 0 Å². The van der Waals surface area contributed by atoms with Crippen LogP contribution in [0.3, 0.4) is 0 Å². The molecule has 0 amide bonds. The van der Waals surface area contributed by atoms with Gasteiger partial charge in [0, 0.05) is 5.69 Å². The molecule has 4 N–H and O–H groups in total. The monoisotopic (exact) mass is 303 g/mol. The Kier molecular flexibility index (Phi) is 6.86. The molecule has 0 heterocycles. The number of benzene rings is 1. The molecule has 0 spiro atoms. The molecule has 0 radical (unpaired) electrons. The molecule has 1 aromatic rings. The number of hydrogen-bond donors (Lipinski definition) is 3. The van der Waals surface area contributed by atoms with E-state index < -0.39 is 5.97 Å². The van der Waals surface area contributed by atoms with E-state index >= 15 is 0 Å². The summed E-state index contributed by atoms with van der Waals surface area (Å²) in [6.45, 7) is 6.26. The Morgan fingerprint density at radius 2 is 1.91 bits per heavy atom. The van der Waals surface area contributed by atoms with Gasteiger partial charge in [0.2, 0.25) is 0 Å². The van der Waals surface area contributed by atoms with Gasteiger partial charge >= 0.3 is 5.97 Å². The first kappa shape index (κ1) is 18.0. The molecular weight excluding hydrogens is 278 g/mol. The molecule has 1 aromatic carbocycles. The Labute approximate surface area is 132 Å². The zero-order chi connectivity index (χ0) is 16.7. The average molecular weight is 303 g/mol. The maximum Gasteiger partial charge on any atom is 0.335 e. The van der Waals surface area contributed by atoms with E-state index in [2.05, 4.69) is 20.8 Å². The largest absolute Gasteiger partial charge is 0.478 e. The predicted molar refractivity (Wildman–Crippen MR) is 90.0 cm³/mol. The van der Waals surface area contributed by atoms with Crippen molar-refractivity contribution < 1.29 is 15.0 Å². The molecular formula is C18H25NO3. The van der Waals surface area contributed by atoms with E-state index in [9.17, 15) is 9.90 Å². The number of rotatable bonds is 7. The molecule has 0 atom stereocenters. The summed E-state index contributed by atoms with van der Waals surface area (Å²) in [5, 5.41) is 18.5. The molecule has 22 heavy (non-hydrogen) atoms. The first-order chi connectivity index (χ1) is 10.3. The number of nitrogen functional groups attached to an aromatic ring is 1. The number of carbonyl (C=O) groups is 1. The van der Waals surface area contributed by atoms with E-state index in [1.807, 2.05) is 6.08 Å². The third kappa shape index (κ3) is 5.37. The lowest BCUT2D eigenvalue weighted by Crippen LogP contribution is -2.01. The van der Waals surface area contributed by atoms with E-state index in [0.717, 1.165) is 24.0 Å². The fourth-order valence-electron chi connectivity index (χ4n) is 2.01. The highest BCUT2D eigenvalue weighted by Gasteiger charge is 2.06. The van der Waals surface area contributed by atoms with Crippen LogP contribution < -0.4 is 5.73 Å². The van der Waals surface area contributed by atoms with Crippen molar-refractivity contribution in [1.29, 1.82) is 0 Å². The number of aliphatic hydroxyl groups is 1. The second-order valence-electron chi connectivity index (χ2n) is 5.72. The number of aromatic carboxylic acids is 1. The van der Waals surface area contributed by atoms with E-state index in [0.29, 0.717) is 12.1 Å². The van der Waals surface area contributed by atoms with Crippen molar-refractivity contribution in [3.8, 4) is 0 Å². The molecule has 4 heteroatoms. The van der Waals surface area contributed by atoms with Gasteiger partial charge in [0.05, 0.1) is 12.2 Å². The van der Waals surface area contributed by atoms with Crippen molar-refractivity contribution in [2.75, 3.05) is 12.3 Å². The number of carboxylic acid groups (broad SMARTS) is 1. The number of allylic oxidation sites excluding steroid dienone is 3. The van der Waals surface area contributed by atoms with Gasteiger partial charge in [0.1, 0.15) is 0 Å². The lowest BCUT2D eigenvalue weighted by molar-refractivity contribution is 0.0697. The number of aliphatic hydroxyl groups excluding tert-OH is 1. The van der Waals surface area contributed by atoms with Crippen LogP contribution in [0, 0.1) is 0 Å². The zero-order valence-corrected chi connectivity index (χ0v) is 13.5. The Balaban J connectivity index is 2.82. The average Bonchev–Trinajstić information content (AvgIpc) is 2.48. The van der Waals surface area contributed by atoms with Crippen LogP contribution in [0.1, 0.15) is 49.5 Å². The van der Waals surface area contributed by atoms with E-state index in [4.69, 9.17) is 10.8 Å². The quantitative estimate of drug-likeness (QED) is 0.531. The van der Waals surface area contributed by atoms with Gasteiger partial charge in [-0.25, -0.2) is 4.79 Å². The third-order valence-corrected chi connectivity index (χ3v) is 3.88. The topological polar surface area (TPSA) is 83.5 Å². The summed E-state index contributed by atoms with van der Waals surface area (Å²) in [5.74, 6) is -0.966. The SMILES string of the molecule is CC(C)=C(C)CCC(=CCc1cc(C(=O)O)ccc1N)CO. The summed E-state index contributed by atoms with van der Waals surface area (Å²) in [6.07, 6.45) is 4.18. The van der Waals surface area contributed by atoms with Gasteiger partial charge < -0.3 is 15.9 Å². The van der Waals surface area contributed by atoms with Crippen LogP contribution in [0.15, 0.2) is 41.0 Å². The lowest BCUT2D eigenvalue weighted by atomic mass is 10.00. The smallest absolute Gasteiger partial charge is 0.335 e. The molecule has 0 fully saturated rings. The van der Waals surface area contributed by atoms with Crippen molar-refractivity contribution in [1.82, 2.24) is 0 Å². The van der Waals surface area contributed by atoms with Crippen LogP contribution in [0.4, 0.5) is 5.69 Å². The number of hydrogen-bond acceptors (Lipinski definition) is 3.